The Morgan fingerprint density at radius 1 is 1.12 bits per heavy atom. The fourth-order valence-corrected chi connectivity index (χ4v) is 0.820. The van der Waals surface area contributed by atoms with Crippen molar-refractivity contribution in [3.63, 3.8) is 0 Å². The summed E-state index contributed by atoms with van der Waals surface area (Å²) >= 11 is 0. The minimum atomic E-state index is -1.28. The molecule has 4 N–H and O–H groups in total. The van der Waals surface area contributed by atoms with Gasteiger partial charge in [-0.05, 0) is 26.7 Å². The molecule has 0 saturated heterocycles. The first-order chi connectivity index (χ1) is 7.47. The minimum absolute atomic E-state index is 0.462. The van der Waals surface area contributed by atoms with Crippen LogP contribution < -0.4 is 11.5 Å². The Hall–Kier alpha value is -1.29. The molecule has 0 aromatic rings. The highest BCUT2D eigenvalue weighted by molar-refractivity contribution is 5.69. The lowest BCUT2D eigenvalue weighted by Crippen LogP contribution is -2.37. The van der Waals surface area contributed by atoms with Crippen LogP contribution in [0, 0.1) is 12.3 Å². The molecule has 0 aliphatic rings. The number of hydrogen-bond acceptors (Lipinski definition) is 4. The minimum Gasteiger partial charge on any atom is -0.352 e. The molecule has 0 aliphatic carbocycles. The molecule has 2 amide bonds. The summed E-state index contributed by atoms with van der Waals surface area (Å²) in [6, 6.07) is -0.833. The zero-order valence-electron chi connectivity index (χ0n) is 9.99. The van der Waals surface area contributed by atoms with E-state index in [0.717, 1.165) is 0 Å². The van der Waals surface area contributed by atoms with Crippen LogP contribution >= 0.6 is 0 Å². The van der Waals surface area contributed by atoms with Gasteiger partial charge in [-0.15, -0.1) is 6.42 Å². The molecule has 6 nitrogen and oxygen atoms in total. The number of primary amides is 2. The van der Waals surface area contributed by atoms with Crippen LogP contribution in [0.5, 0.6) is 0 Å². The van der Waals surface area contributed by atoms with Crippen LogP contribution in [0.2, 0.25) is 0 Å². The van der Waals surface area contributed by atoms with E-state index in [1.807, 2.05) is 20.8 Å². The van der Waals surface area contributed by atoms with E-state index < -0.39 is 12.0 Å². The van der Waals surface area contributed by atoms with Gasteiger partial charge in [-0.3, -0.25) is 0 Å². The van der Waals surface area contributed by atoms with Crippen molar-refractivity contribution in [1.29, 1.82) is 0 Å². The molecule has 16 heavy (non-hydrogen) atoms. The third-order valence-electron chi connectivity index (χ3n) is 1.18. The summed E-state index contributed by atoms with van der Waals surface area (Å²) in [5.74, 6) is 1.07. The van der Waals surface area contributed by atoms with Crippen LogP contribution in [0.15, 0.2) is 0 Å². The molecule has 0 aromatic heterocycles. The van der Waals surface area contributed by atoms with E-state index in [1.165, 1.54) is 0 Å². The summed E-state index contributed by atoms with van der Waals surface area (Å²) in [6.45, 7) is 6.90. The Morgan fingerprint density at radius 2 is 1.38 bits per heavy atom. The van der Waals surface area contributed by atoms with Gasteiger partial charge in [-0.25, -0.2) is 4.79 Å². The second-order valence-corrected chi connectivity index (χ2v) is 2.40. The average Bonchev–Trinajstić information content (AvgIpc) is 2.18. The largest absolute Gasteiger partial charge is 0.353 e. The quantitative estimate of drug-likeness (QED) is 0.512. The maximum absolute atomic E-state index is 9.00. The molecule has 0 aliphatic heterocycles. The molecule has 0 heterocycles. The van der Waals surface area contributed by atoms with Gasteiger partial charge >= 0.3 is 12.0 Å². The molecule has 94 valence electrons. The zero-order chi connectivity index (χ0) is 13.0. The summed E-state index contributed by atoms with van der Waals surface area (Å²) in [5, 5.41) is 0. The van der Waals surface area contributed by atoms with E-state index in [-0.39, 0.29) is 0 Å². The molecule has 0 fully saturated rings. The lowest BCUT2D eigenvalue weighted by molar-refractivity contribution is -0.338. The van der Waals surface area contributed by atoms with Gasteiger partial charge in [-0.1, -0.05) is 0 Å². The average molecular weight is 232 g/mol. The Bertz CT molecular complexity index is 204. The number of hydrogen-bond donors (Lipinski definition) is 2. The van der Waals surface area contributed by atoms with E-state index in [1.54, 1.807) is 0 Å². The molecule has 0 unspecified atom stereocenters. The number of carbonyl (C=O) groups excluding carboxylic acids is 1. The topological polar surface area (TPSA) is 96.8 Å². The van der Waals surface area contributed by atoms with Crippen LogP contribution in [-0.4, -0.2) is 31.8 Å². The third-order valence-corrected chi connectivity index (χ3v) is 1.18. The summed E-state index contributed by atoms with van der Waals surface area (Å²) < 4.78 is 15.5. The molecular formula is C10H20N2O4. The van der Waals surface area contributed by atoms with Crippen molar-refractivity contribution >= 4 is 6.03 Å². The second kappa shape index (κ2) is 10.2. The van der Waals surface area contributed by atoms with Crippen LogP contribution in [0.4, 0.5) is 4.79 Å². The van der Waals surface area contributed by atoms with Crippen molar-refractivity contribution in [1.82, 2.24) is 0 Å². The van der Waals surface area contributed by atoms with E-state index in [2.05, 4.69) is 17.4 Å². The summed E-state index contributed by atoms with van der Waals surface area (Å²) in [4.78, 5) is 9.00. The summed E-state index contributed by atoms with van der Waals surface area (Å²) in [7, 11) is 0. The highest BCUT2D eigenvalue weighted by Crippen LogP contribution is 2.13. The first-order valence-corrected chi connectivity index (χ1v) is 4.92. The molecule has 6 heteroatoms. The van der Waals surface area contributed by atoms with Gasteiger partial charge in [-0.2, -0.15) is 0 Å². The van der Waals surface area contributed by atoms with Crippen molar-refractivity contribution in [3.8, 4) is 12.3 Å². The zero-order valence-corrected chi connectivity index (χ0v) is 9.99. The lowest BCUT2D eigenvalue weighted by atomic mass is 10.5. The number of carbonyl (C=O) groups is 1. The molecular weight excluding hydrogens is 212 g/mol. The van der Waals surface area contributed by atoms with Crippen LogP contribution in [-0.2, 0) is 14.2 Å². The monoisotopic (exact) mass is 232 g/mol. The molecule has 0 bridgehead atoms. The number of terminal acetylenes is 1. The van der Waals surface area contributed by atoms with Gasteiger partial charge in [0.15, 0.2) is 0 Å². The summed E-state index contributed by atoms with van der Waals surface area (Å²) in [6.07, 6.45) is 5.24. The smallest absolute Gasteiger partial charge is 0.352 e. The number of amides is 2. The van der Waals surface area contributed by atoms with E-state index in [4.69, 9.17) is 25.4 Å². The molecule has 0 rings (SSSR count). The second-order valence-electron chi connectivity index (χ2n) is 2.40. The van der Waals surface area contributed by atoms with Gasteiger partial charge in [0.25, 0.3) is 0 Å². The Kier molecular flexibility index (Phi) is 10.9. The van der Waals surface area contributed by atoms with Gasteiger partial charge in [0, 0.05) is 0 Å². The highest BCUT2D eigenvalue weighted by Gasteiger charge is 2.29. The van der Waals surface area contributed by atoms with E-state index in [9.17, 15) is 0 Å². The first-order valence-electron chi connectivity index (χ1n) is 4.92. The SMILES string of the molecule is C#CC(OCC)(OCC)OCC.NC(N)=O. The molecule has 0 atom stereocenters. The van der Waals surface area contributed by atoms with Crippen molar-refractivity contribution in [3.05, 3.63) is 0 Å². The van der Waals surface area contributed by atoms with Crippen molar-refractivity contribution < 1.29 is 19.0 Å². The first kappa shape index (κ1) is 17.1. The third kappa shape index (κ3) is 9.27. The Labute approximate surface area is 96.2 Å². The molecule has 0 aromatic carbocycles. The molecule has 0 saturated carbocycles. The number of ether oxygens (including phenoxy) is 3. The standard InChI is InChI=1S/C9H16O3.CH4N2O/c1-5-9(10-6-2,11-7-3)12-8-4;2-1(3)4/h1H,6-8H2,2-4H3;(H4,2,3,4). The number of rotatable bonds is 6. The normalized spacial score (nSPS) is 9.88. The predicted octanol–water partition coefficient (Wildman–Crippen LogP) is 0.407. The van der Waals surface area contributed by atoms with Gasteiger partial charge in [0.05, 0.1) is 19.8 Å². The Balaban J connectivity index is 0. The summed E-state index contributed by atoms with van der Waals surface area (Å²) in [5.41, 5.74) is 8.50. The van der Waals surface area contributed by atoms with Gasteiger partial charge in [0.2, 0.25) is 0 Å². The Morgan fingerprint density at radius 3 is 1.50 bits per heavy atom. The van der Waals surface area contributed by atoms with Crippen molar-refractivity contribution in [2.75, 3.05) is 19.8 Å². The van der Waals surface area contributed by atoms with Crippen LogP contribution in [0.3, 0.4) is 0 Å². The fraction of sp³-hybridized carbons (Fsp3) is 0.700. The maximum atomic E-state index is 9.00. The van der Waals surface area contributed by atoms with E-state index >= 15 is 0 Å². The lowest BCUT2D eigenvalue weighted by Gasteiger charge is -2.26. The number of urea groups is 1. The van der Waals surface area contributed by atoms with Crippen molar-refractivity contribution in [2.45, 2.75) is 26.7 Å². The van der Waals surface area contributed by atoms with Crippen LogP contribution in [0.25, 0.3) is 0 Å². The predicted molar refractivity (Wildman–Crippen MR) is 60.2 cm³/mol. The van der Waals surface area contributed by atoms with Crippen molar-refractivity contribution in [2.24, 2.45) is 11.5 Å². The fourth-order valence-electron chi connectivity index (χ4n) is 0.820. The molecule has 0 spiro atoms. The van der Waals surface area contributed by atoms with Gasteiger partial charge < -0.3 is 25.7 Å². The molecule has 0 radical (unpaired) electrons. The number of nitrogens with two attached hydrogens (primary N) is 2. The highest BCUT2D eigenvalue weighted by atomic mass is 16.9. The van der Waals surface area contributed by atoms with Crippen LogP contribution in [0.1, 0.15) is 20.8 Å². The van der Waals surface area contributed by atoms with Gasteiger partial charge in [0.1, 0.15) is 0 Å². The van der Waals surface area contributed by atoms with E-state index in [0.29, 0.717) is 19.8 Å². The maximum Gasteiger partial charge on any atom is 0.353 e.